The predicted molar refractivity (Wildman–Crippen MR) is 102 cm³/mol. The molecule has 2 aliphatic rings. The van der Waals surface area contributed by atoms with Gasteiger partial charge in [0.15, 0.2) is 11.2 Å². The zero-order valence-electron chi connectivity index (χ0n) is 15.6. The van der Waals surface area contributed by atoms with Crippen LogP contribution in [0.15, 0.2) is 52.6 Å². The number of aromatic nitrogens is 1. The largest absolute Gasteiger partial charge is 0.458 e. The number of esters is 1. The fourth-order valence-corrected chi connectivity index (χ4v) is 4.10. The molecule has 2 amide bonds. The summed E-state index contributed by atoms with van der Waals surface area (Å²) in [6, 6.07) is 6.83. The molecule has 29 heavy (non-hydrogen) atoms. The van der Waals surface area contributed by atoms with Crippen molar-refractivity contribution in [3.63, 3.8) is 0 Å². The second-order valence-electron chi connectivity index (χ2n) is 6.73. The van der Waals surface area contributed by atoms with Gasteiger partial charge in [-0.2, -0.15) is 4.98 Å². The van der Waals surface area contributed by atoms with Crippen LogP contribution in [0.4, 0.5) is 6.01 Å². The van der Waals surface area contributed by atoms with Crippen LogP contribution in [0.1, 0.15) is 18.2 Å². The Balaban J connectivity index is 2.04. The van der Waals surface area contributed by atoms with Crippen LogP contribution < -0.4 is 11.5 Å². The van der Waals surface area contributed by atoms with Crippen LogP contribution in [0.5, 0.6) is 0 Å². The molecule has 1 aromatic carbocycles. The maximum absolute atomic E-state index is 13.7. The molecular formula is C20H18N4O5. The number of oxazole rings is 1. The number of nitrogens with zero attached hydrogens (tertiary/aromatic N) is 2. The molecule has 0 radical (unpaired) electrons. The zero-order chi connectivity index (χ0) is 20.9. The monoisotopic (exact) mass is 394 g/mol. The molecule has 9 nitrogen and oxygen atoms in total. The van der Waals surface area contributed by atoms with E-state index in [2.05, 4.69) is 11.6 Å². The number of carbonyl (C=O) groups is 3. The molecule has 2 heterocycles. The Morgan fingerprint density at radius 3 is 2.79 bits per heavy atom. The lowest BCUT2D eigenvalue weighted by Gasteiger charge is -2.26. The number of ether oxygens (including phenoxy) is 1. The Hall–Kier alpha value is -3.88. The molecular weight excluding hydrogens is 376 g/mol. The highest BCUT2D eigenvalue weighted by molar-refractivity contribution is 6.14. The smallest absolute Gasteiger partial charge is 0.337 e. The van der Waals surface area contributed by atoms with Crippen LogP contribution in [0.3, 0.4) is 0 Å². The van der Waals surface area contributed by atoms with Gasteiger partial charge in [-0.05, 0) is 12.5 Å². The summed E-state index contributed by atoms with van der Waals surface area (Å²) in [5.74, 6) is -1.69. The summed E-state index contributed by atoms with van der Waals surface area (Å²) in [5, 5.41) is 0. The number of primary amides is 1. The van der Waals surface area contributed by atoms with Crippen LogP contribution in [-0.4, -0.2) is 40.8 Å². The summed E-state index contributed by atoms with van der Waals surface area (Å²) in [5.41, 5.74) is 11.1. The van der Waals surface area contributed by atoms with Crippen molar-refractivity contribution in [2.45, 2.75) is 12.3 Å². The van der Waals surface area contributed by atoms with Gasteiger partial charge in [0.1, 0.15) is 18.8 Å². The number of amides is 2. The van der Waals surface area contributed by atoms with Gasteiger partial charge in [-0.25, -0.2) is 4.79 Å². The fourth-order valence-electron chi connectivity index (χ4n) is 4.10. The van der Waals surface area contributed by atoms with Crippen LogP contribution in [0.25, 0.3) is 11.3 Å². The number of hydrogen-bond donors (Lipinski definition) is 2. The van der Waals surface area contributed by atoms with Gasteiger partial charge in [-0.3, -0.25) is 9.59 Å². The van der Waals surface area contributed by atoms with Crippen molar-refractivity contribution in [3.05, 3.63) is 59.4 Å². The lowest BCUT2D eigenvalue weighted by Crippen LogP contribution is -2.44. The molecule has 1 aliphatic carbocycles. The Labute approximate surface area is 165 Å². The van der Waals surface area contributed by atoms with Gasteiger partial charge in [-0.15, -0.1) is 0 Å². The molecule has 1 atom stereocenters. The van der Waals surface area contributed by atoms with E-state index < -0.39 is 29.7 Å². The molecule has 0 fully saturated rings. The van der Waals surface area contributed by atoms with Gasteiger partial charge < -0.3 is 25.5 Å². The molecule has 0 saturated heterocycles. The maximum atomic E-state index is 13.7. The van der Waals surface area contributed by atoms with Crippen LogP contribution in [0.2, 0.25) is 0 Å². The zero-order valence-corrected chi connectivity index (χ0v) is 15.6. The lowest BCUT2D eigenvalue weighted by molar-refractivity contribution is -0.140. The number of anilines is 1. The molecule has 1 spiro atoms. The molecule has 0 saturated carbocycles. The third kappa shape index (κ3) is 2.33. The van der Waals surface area contributed by atoms with E-state index in [1.54, 1.807) is 31.2 Å². The quantitative estimate of drug-likeness (QED) is 0.565. The summed E-state index contributed by atoms with van der Waals surface area (Å²) < 4.78 is 10.8. The summed E-state index contributed by atoms with van der Waals surface area (Å²) >= 11 is 0. The average Bonchev–Trinajstić information content (AvgIpc) is 3.25. The first kappa shape index (κ1) is 18.5. The first-order valence-electron chi connectivity index (χ1n) is 8.80. The van der Waals surface area contributed by atoms with E-state index in [9.17, 15) is 14.4 Å². The summed E-state index contributed by atoms with van der Waals surface area (Å²) in [6.07, 6.45) is 1.42. The van der Waals surface area contributed by atoms with Gasteiger partial charge in [0.05, 0.1) is 5.57 Å². The van der Waals surface area contributed by atoms with E-state index in [1.165, 1.54) is 11.0 Å². The second-order valence-corrected chi connectivity index (χ2v) is 6.73. The Bertz CT molecular complexity index is 1120. The van der Waals surface area contributed by atoms with Crippen molar-refractivity contribution >= 4 is 23.8 Å². The Kier molecular flexibility index (Phi) is 4.04. The van der Waals surface area contributed by atoms with E-state index in [1.807, 2.05) is 0 Å². The topological polar surface area (TPSA) is 142 Å². The number of allylic oxidation sites excluding steroid dienone is 1. The van der Waals surface area contributed by atoms with Gasteiger partial charge in [0.25, 0.3) is 6.01 Å². The maximum Gasteiger partial charge on any atom is 0.337 e. The molecule has 0 unspecified atom stereocenters. The molecule has 4 rings (SSSR count). The molecule has 0 bridgehead atoms. The standard InChI is InChI=1S/C20H18N4O5/c1-3-8-28-17(26)14-10(2)24(9-13(21)25)18(27)20(14)12-7-5-4-6-11(12)15-16(20)23-19(22)29-15/h3-7H,1,8-9H2,2H3,(H2,21,25)(H2,22,23)/t20-/m1/s1. The molecule has 148 valence electrons. The van der Waals surface area contributed by atoms with E-state index in [0.717, 1.165) is 0 Å². The highest BCUT2D eigenvalue weighted by Gasteiger charge is 2.63. The van der Waals surface area contributed by atoms with Crippen LogP contribution in [0, 0.1) is 0 Å². The van der Waals surface area contributed by atoms with Crippen molar-refractivity contribution in [3.8, 4) is 11.3 Å². The fraction of sp³-hybridized carbons (Fsp3) is 0.200. The first-order chi connectivity index (χ1) is 13.8. The van der Waals surface area contributed by atoms with Gasteiger partial charge in [0, 0.05) is 11.3 Å². The minimum atomic E-state index is -1.63. The van der Waals surface area contributed by atoms with Crippen molar-refractivity contribution in [2.24, 2.45) is 5.73 Å². The minimum absolute atomic E-state index is 0.0464. The number of rotatable bonds is 5. The van der Waals surface area contributed by atoms with E-state index in [-0.39, 0.29) is 29.6 Å². The minimum Gasteiger partial charge on any atom is -0.458 e. The normalized spacial score (nSPS) is 19.5. The van der Waals surface area contributed by atoms with Crippen LogP contribution in [-0.2, 0) is 24.5 Å². The van der Waals surface area contributed by atoms with Crippen LogP contribution >= 0.6 is 0 Å². The second kappa shape index (κ2) is 6.33. The predicted octanol–water partition coefficient (Wildman–Crippen LogP) is 0.854. The molecule has 2 aromatic rings. The van der Waals surface area contributed by atoms with E-state index in [0.29, 0.717) is 16.9 Å². The van der Waals surface area contributed by atoms with Crippen molar-refractivity contribution in [1.29, 1.82) is 0 Å². The average molecular weight is 394 g/mol. The number of carbonyl (C=O) groups excluding carboxylic acids is 3. The molecule has 1 aliphatic heterocycles. The van der Waals surface area contributed by atoms with E-state index >= 15 is 0 Å². The first-order valence-corrected chi connectivity index (χ1v) is 8.80. The Morgan fingerprint density at radius 2 is 2.10 bits per heavy atom. The van der Waals surface area contributed by atoms with Gasteiger partial charge in [0.2, 0.25) is 11.8 Å². The van der Waals surface area contributed by atoms with Gasteiger partial charge >= 0.3 is 5.97 Å². The number of nitrogen functional groups attached to an aromatic ring is 1. The van der Waals surface area contributed by atoms with Crippen molar-refractivity contribution in [2.75, 3.05) is 18.9 Å². The summed E-state index contributed by atoms with van der Waals surface area (Å²) in [4.78, 5) is 43.8. The lowest BCUT2D eigenvalue weighted by atomic mass is 9.74. The number of benzene rings is 1. The third-order valence-corrected chi connectivity index (χ3v) is 5.13. The number of nitrogens with two attached hydrogens (primary N) is 2. The van der Waals surface area contributed by atoms with Gasteiger partial charge in [-0.1, -0.05) is 36.9 Å². The Morgan fingerprint density at radius 1 is 1.38 bits per heavy atom. The molecule has 9 heteroatoms. The highest BCUT2D eigenvalue weighted by Crippen LogP contribution is 2.57. The SMILES string of the molecule is C=CCOC(=O)C1=C(C)N(CC(N)=O)C(=O)[C@]12c1ccccc1-c1oc(N)nc12. The molecule has 4 N–H and O–H groups in total. The number of fused-ring (bicyclic) bond motifs is 5. The third-order valence-electron chi connectivity index (χ3n) is 5.13. The van der Waals surface area contributed by atoms with Crippen molar-refractivity contribution < 1.29 is 23.5 Å². The highest BCUT2D eigenvalue weighted by atomic mass is 16.5. The van der Waals surface area contributed by atoms with Crippen molar-refractivity contribution in [1.82, 2.24) is 9.88 Å². The summed E-state index contributed by atoms with van der Waals surface area (Å²) in [7, 11) is 0. The van der Waals surface area contributed by atoms with E-state index in [4.69, 9.17) is 20.6 Å². The molecule has 1 aromatic heterocycles. The summed E-state index contributed by atoms with van der Waals surface area (Å²) in [6.45, 7) is 4.65. The number of hydrogen-bond acceptors (Lipinski definition) is 7.